The molecule has 1 N–H and O–H groups in total. The van der Waals surface area contributed by atoms with Crippen LogP contribution in [0.5, 0.6) is 0 Å². The van der Waals surface area contributed by atoms with E-state index >= 15 is 0 Å². The first-order valence-corrected chi connectivity index (χ1v) is 12.0. The fourth-order valence-electron chi connectivity index (χ4n) is 2.98. The van der Waals surface area contributed by atoms with Gasteiger partial charge in [-0.2, -0.15) is 0 Å². The zero-order valence-corrected chi connectivity index (χ0v) is 19.0. The quantitative estimate of drug-likeness (QED) is 0.224. The van der Waals surface area contributed by atoms with E-state index in [4.69, 9.17) is 0 Å². The van der Waals surface area contributed by atoms with Crippen LogP contribution in [0.1, 0.15) is 83.5 Å². The van der Waals surface area contributed by atoms with Crippen molar-refractivity contribution in [1.82, 2.24) is 5.32 Å². The second kappa shape index (κ2) is 17.0. The fraction of sp³-hybridized carbons (Fsp3) is 1.00. The van der Waals surface area contributed by atoms with Crippen molar-refractivity contribution >= 4 is 10.2 Å². The van der Waals surface area contributed by atoms with Crippen LogP contribution in [0.2, 0.25) is 6.04 Å². The number of nitrogens with one attached hydrogen (secondary N) is 1. The predicted molar refractivity (Wildman–Crippen MR) is 111 cm³/mol. The summed E-state index contributed by atoms with van der Waals surface area (Å²) in [5.41, 5.74) is 0. The van der Waals surface area contributed by atoms with E-state index in [9.17, 15) is 0 Å². The Balaban J connectivity index is 3.00. The van der Waals surface area contributed by atoms with E-state index in [1.54, 1.807) is 0 Å². The monoisotopic (exact) mass is 343 g/mol. The Morgan fingerprint density at radius 2 is 0.957 bits per heavy atom. The van der Waals surface area contributed by atoms with E-state index in [2.05, 4.69) is 26.5 Å². The van der Waals surface area contributed by atoms with E-state index < -0.39 is 0 Å². The van der Waals surface area contributed by atoms with E-state index in [0.29, 0.717) is 0 Å². The minimum absolute atomic E-state index is 1.06. The van der Waals surface area contributed by atoms with Gasteiger partial charge in [0, 0.05) is 16.8 Å². The van der Waals surface area contributed by atoms with Crippen LogP contribution in [0, 0.1) is 0 Å². The van der Waals surface area contributed by atoms with Gasteiger partial charge in [0.25, 0.3) is 0 Å². The standard InChI is InChI=1S/C20H47N2Si/c1-22(2,3)19-18-21-17-15-13-11-9-7-5-4-6-8-10-12-14-16-20-23/h21H,4-20H2,1-3,23H3/q+1. The minimum Gasteiger partial charge on any atom is -0.330 e. The maximum atomic E-state index is 3.57. The summed E-state index contributed by atoms with van der Waals surface area (Å²) in [5.74, 6) is 0. The first-order valence-electron chi connectivity index (χ1n) is 10.6. The van der Waals surface area contributed by atoms with Crippen LogP contribution in [0.15, 0.2) is 0 Å². The lowest BCUT2D eigenvalue weighted by molar-refractivity contribution is -0.869. The topological polar surface area (TPSA) is 12.0 Å². The molecule has 2 nitrogen and oxygen atoms in total. The number of likely N-dealkylation sites (N-methyl/N-ethyl adjacent to an activating group) is 1. The summed E-state index contributed by atoms with van der Waals surface area (Å²) < 4.78 is 1.06. The van der Waals surface area contributed by atoms with Crippen LogP contribution >= 0.6 is 0 Å². The van der Waals surface area contributed by atoms with Gasteiger partial charge in [-0.1, -0.05) is 83.1 Å². The maximum absolute atomic E-state index is 3.57. The van der Waals surface area contributed by atoms with Crippen LogP contribution in [0.3, 0.4) is 0 Å². The molecule has 0 rings (SSSR count). The van der Waals surface area contributed by atoms with Crippen LogP contribution in [0.25, 0.3) is 0 Å². The van der Waals surface area contributed by atoms with Gasteiger partial charge in [-0.05, 0) is 13.0 Å². The molecule has 0 atom stereocenters. The molecule has 0 aliphatic rings. The summed E-state index contributed by atoms with van der Waals surface area (Å²) >= 11 is 0. The van der Waals surface area contributed by atoms with Crippen molar-refractivity contribution in [2.45, 2.75) is 89.5 Å². The molecular formula is C20H47N2Si+. The highest BCUT2D eigenvalue weighted by atomic mass is 28.1. The lowest BCUT2D eigenvalue weighted by Gasteiger charge is -2.23. The van der Waals surface area contributed by atoms with Crippen molar-refractivity contribution in [3.05, 3.63) is 0 Å². The first kappa shape index (κ1) is 23.1. The molecular weight excluding hydrogens is 296 g/mol. The molecule has 0 heterocycles. The molecule has 3 heteroatoms. The Kier molecular flexibility index (Phi) is 17.1. The largest absolute Gasteiger partial charge is 0.330 e. The number of nitrogens with zero attached hydrogens (tertiary/aromatic N) is 1. The summed E-state index contributed by atoms with van der Waals surface area (Å²) in [6.07, 6.45) is 19.0. The molecule has 0 unspecified atom stereocenters. The summed E-state index contributed by atoms with van der Waals surface area (Å²) in [6.45, 7) is 3.59. The average molecular weight is 344 g/mol. The molecule has 0 bridgehead atoms. The second-order valence-corrected chi connectivity index (χ2v) is 9.36. The molecule has 140 valence electrons. The van der Waals surface area contributed by atoms with Crippen LogP contribution < -0.4 is 5.32 Å². The Hall–Kier alpha value is 0.137. The molecule has 0 fully saturated rings. The van der Waals surface area contributed by atoms with Gasteiger partial charge in [-0.25, -0.2) is 0 Å². The van der Waals surface area contributed by atoms with E-state index in [1.165, 1.54) is 113 Å². The van der Waals surface area contributed by atoms with Crippen LogP contribution in [-0.2, 0) is 0 Å². The summed E-state index contributed by atoms with van der Waals surface area (Å²) in [4.78, 5) is 0. The smallest absolute Gasteiger partial charge is 0.0907 e. The zero-order chi connectivity index (χ0) is 17.2. The van der Waals surface area contributed by atoms with Crippen molar-refractivity contribution in [2.75, 3.05) is 40.8 Å². The molecule has 0 spiro atoms. The van der Waals surface area contributed by atoms with Crippen LogP contribution in [-0.4, -0.2) is 55.5 Å². The molecule has 0 saturated heterocycles. The van der Waals surface area contributed by atoms with Crippen molar-refractivity contribution in [2.24, 2.45) is 0 Å². The Morgan fingerprint density at radius 3 is 1.35 bits per heavy atom. The highest BCUT2D eigenvalue weighted by Crippen LogP contribution is 2.12. The van der Waals surface area contributed by atoms with Gasteiger partial charge >= 0.3 is 0 Å². The minimum atomic E-state index is 1.06. The molecule has 0 aromatic carbocycles. The normalized spacial score (nSPS) is 12.1. The molecule has 0 amide bonds. The van der Waals surface area contributed by atoms with Gasteiger partial charge in [0.2, 0.25) is 0 Å². The Morgan fingerprint density at radius 1 is 0.565 bits per heavy atom. The number of unbranched alkanes of at least 4 members (excludes halogenated alkanes) is 12. The molecule has 23 heavy (non-hydrogen) atoms. The lowest BCUT2D eigenvalue weighted by Crippen LogP contribution is -2.40. The number of hydrogen-bond acceptors (Lipinski definition) is 1. The number of hydrogen-bond donors (Lipinski definition) is 1. The SMILES string of the molecule is C[N+](C)(C)CCNCCCCCCCCCCCCCCC[SiH3]. The fourth-order valence-corrected chi connectivity index (χ4v) is 3.48. The van der Waals surface area contributed by atoms with E-state index in [1.807, 2.05) is 0 Å². The summed E-state index contributed by atoms with van der Waals surface area (Å²) in [6, 6.07) is 1.51. The molecule has 0 aliphatic carbocycles. The van der Waals surface area contributed by atoms with Crippen molar-refractivity contribution in [3.8, 4) is 0 Å². The molecule has 0 aromatic heterocycles. The summed E-state index contributed by atoms with van der Waals surface area (Å²) in [7, 11) is 8.18. The van der Waals surface area contributed by atoms with Gasteiger partial charge in [0.1, 0.15) is 0 Å². The highest BCUT2D eigenvalue weighted by Gasteiger charge is 2.04. The van der Waals surface area contributed by atoms with Gasteiger partial charge in [-0.15, -0.1) is 0 Å². The van der Waals surface area contributed by atoms with Gasteiger partial charge in [0.15, 0.2) is 0 Å². The third-order valence-corrected chi connectivity index (χ3v) is 5.37. The third kappa shape index (κ3) is 22.1. The lowest BCUT2D eigenvalue weighted by atomic mass is 10.0. The van der Waals surface area contributed by atoms with E-state index in [0.717, 1.165) is 11.0 Å². The van der Waals surface area contributed by atoms with E-state index in [-0.39, 0.29) is 0 Å². The van der Waals surface area contributed by atoms with Crippen molar-refractivity contribution < 1.29 is 4.48 Å². The second-order valence-electron chi connectivity index (χ2n) is 8.36. The van der Waals surface area contributed by atoms with Gasteiger partial charge in [-0.3, -0.25) is 0 Å². The van der Waals surface area contributed by atoms with Crippen molar-refractivity contribution in [1.29, 1.82) is 0 Å². The first-order chi connectivity index (χ1) is 11.1. The average Bonchev–Trinajstić information content (AvgIpc) is 2.49. The molecule has 0 radical (unpaired) electrons. The third-order valence-electron chi connectivity index (χ3n) is 4.67. The highest BCUT2D eigenvalue weighted by molar-refractivity contribution is 6.08. The molecule has 0 aromatic rings. The number of rotatable bonds is 18. The molecule has 0 aliphatic heterocycles. The zero-order valence-electron chi connectivity index (χ0n) is 17.0. The Bertz CT molecular complexity index is 226. The van der Waals surface area contributed by atoms with Gasteiger partial charge < -0.3 is 9.80 Å². The summed E-state index contributed by atoms with van der Waals surface area (Å²) in [5, 5.41) is 3.57. The predicted octanol–water partition coefficient (Wildman–Crippen LogP) is 4.14. The van der Waals surface area contributed by atoms with Gasteiger partial charge in [0.05, 0.1) is 27.7 Å². The van der Waals surface area contributed by atoms with Crippen molar-refractivity contribution in [3.63, 3.8) is 0 Å². The molecule has 0 saturated carbocycles. The number of quaternary nitrogens is 1. The van der Waals surface area contributed by atoms with Crippen LogP contribution in [0.4, 0.5) is 0 Å². The maximum Gasteiger partial charge on any atom is 0.0907 e. The Labute approximate surface area is 150 Å².